The lowest BCUT2D eigenvalue weighted by atomic mass is 9.84. The number of imidazole rings is 1. The van der Waals surface area contributed by atoms with Gasteiger partial charge in [0.25, 0.3) is 0 Å². The summed E-state index contributed by atoms with van der Waals surface area (Å²) in [5.74, 6) is 0.566. The maximum absolute atomic E-state index is 13.5. The zero-order valence-electron chi connectivity index (χ0n) is 20.2. The van der Waals surface area contributed by atoms with Gasteiger partial charge in [-0.15, -0.1) is 0 Å². The summed E-state index contributed by atoms with van der Waals surface area (Å²) in [4.78, 5) is 21.5. The number of hydrogen-bond acceptors (Lipinski definition) is 7. The number of aromatic nitrogens is 7. The van der Waals surface area contributed by atoms with Crippen molar-refractivity contribution >= 4 is 27.6 Å². The minimum absolute atomic E-state index is 0.282. The Kier molecular flexibility index (Phi) is 5.33. The van der Waals surface area contributed by atoms with Crippen molar-refractivity contribution < 1.29 is 9.50 Å². The molecule has 0 radical (unpaired) electrons. The lowest BCUT2D eigenvalue weighted by Crippen LogP contribution is -2.33. The van der Waals surface area contributed by atoms with Gasteiger partial charge >= 0.3 is 0 Å². The molecule has 5 aromatic heterocycles. The fourth-order valence-electron chi connectivity index (χ4n) is 4.84. The number of fused-ring (bicyclic) bond motifs is 2. The molecular weight excluding hydrogens is 483 g/mol. The summed E-state index contributed by atoms with van der Waals surface area (Å²) in [6.45, 7) is 0. The third kappa shape index (κ3) is 3.95. The molecule has 5 heterocycles. The fourth-order valence-corrected chi connectivity index (χ4v) is 4.84. The van der Waals surface area contributed by atoms with E-state index >= 15 is 0 Å². The van der Waals surface area contributed by atoms with Crippen LogP contribution in [0, 0.1) is 11.7 Å². The summed E-state index contributed by atoms with van der Waals surface area (Å²) in [7, 11) is 0. The molecule has 0 amide bonds. The van der Waals surface area contributed by atoms with Gasteiger partial charge in [-0.25, -0.2) is 9.37 Å². The predicted molar refractivity (Wildman–Crippen MR) is 142 cm³/mol. The van der Waals surface area contributed by atoms with Gasteiger partial charge in [-0.1, -0.05) is 18.6 Å². The Bertz CT molecular complexity index is 1770. The van der Waals surface area contributed by atoms with Crippen molar-refractivity contribution in [3.63, 3.8) is 0 Å². The molecule has 10 heteroatoms. The summed E-state index contributed by atoms with van der Waals surface area (Å²) in [6, 6.07) is 10.2. The Labute approximate surface area is 216 Å². The number of nitrogens with zero attached hydrogens (tertiary/aromatic N) is 5. The summed E-state index contributed by atoms with van der Waals surface area (Å²) in [5, 5.41) is 22.0. The summed E-state index contributed by atoms with van der Waals surface area (Å²) in [5.41, 5.74) is 6.79. The number of hydrogen-bond donors (Lipinski definition) is 4. The average Bonchev–Trinajstić information content (AvgIpc) is 3.52. The van der Waals surface area contributed by atoms with Gasteiger partial charge in [0.05, 0.1) is 46.5 Å². The Morgan fingerprint density at radius 2 is 1.79 bits per heavy atom. The molecular formula is C28H23FN8O. The van der Waals surface area contributed by atoms with Crippen LogP contribution in [0.1, 0.15) is 19.3 Å². The van der Waals surface area contributed by atoms with Crippen molar-refractivity contribution in [3.8, 4) is 33.9 Å². The largest absolute Gasteiger partial charge is 0.374 e. The molecule has 1 aliphatic carbocycles. The predicted octanol–water partition coefficient (Wildman–Crippen LogP) is 5.29. The second kappa shape index (κ2) is 9.00. The maximum Gasteiger partial charge on any atom is 0.159 e. The second-order valence-electron chi connectivity index (χ2n) is 9.61. The van der Waals surface area contributed by atoms with Crippen molar-refractivity contribution in [2.24, 2.45) is 5.92 Å². The van der Waals surface area contributed by atoms with Crippen molar-refractivity contribution in [2.75, 3.05) is 5.32 Å². The molecule has 1 unspecified atom stereocenters. The molecule has 1 aromatic carbocycles. The van der Waals surface area contributed by atoms with E-state index in [1.54, 1.807) is 43.1 Å². The normalized spacial score (nSPS) is 14.6. The van der Waals surface area contributed by atoms with E-state index in [4.69, 9.17) is 4.98 Å². The molecule has 188 valence electrons. The van der Waals surface area contributed by atoms with Gasteiger partial charge in [0.1, 0.15) is 17.7 Å². The zero-order valence-corrected chi connectivity index (χ0v) is 20.2. The van der Waals surface area contributed by atoms with Crippen LogP contribution in [0.5, 0.6) is 0 Å². The minimum atomic E-state index is -0.584. The molecule has 1 saturated carbocycles. The van der Waals surface area contributed by atoms with Gasteiger partial charge in [0.2, 0.25) is 0 Å². The topological polar surface area (TPSA) is 128 Å². The lowest BCUT2D eigenvalue weighted by Gasteiger charge is -2.31. The average molecular weight is 507 g/mol. The van der Waals surface area contributed by atoms with Crippen LogP contribution in [0.2, 0.25) is 0 Å². The van der Waals surface area contributed by atoms with Crippen LogP contribution in [-0.2, 0) is 0 Å². The quantitative estimate of drug-likeness (QED) is 0.226. The molecule has 38 heavy (non-hydrogen) atoms. The third-order valence-corrected chi connectivity index (χ3v) is 7.17. The highest BCUT2D eigenvalue weighted by Crippen LogP contribution is 2.33. The number of aliphatic hydroxyl groups is 1. The number of aliphatic hydroxyl groups excluding tert-OH is 1. The monoisotopic (exact) mass is 506 g/mol. The zero-order chi connectivity index (χ0) is 25.6. The molecule has 6 aromatic rings. The molecule has 1 aliphatic rings. The number of halogens is 1. The van der Waals surface area contributed by atoms with Gasteiger partial charge in [-0.3, -0.25) is 20.1 Å². The van der Waals surface area contributed by atoms with Crippen LogP contribution >= 0.6 is 0 Å². The first-order valence-corrected chi connectivity index (χ1v) is 12.5. The van der Waals surface area contributed by atoms with E-state index in [-0.39, 0.29) is 11.7 Å². The molecule has 0 saturated heterocycles. The lowest BCUT2D eigenvalue weighted by molar-refractivity contribution is 0.0851. The molecule has 1 atom stereocenters. The Balaban J connectivity index is 1.25. The van der Waals surface area contributed by atoms with E-state index in [0.29, 0.717) is 11.5 Å². The standard InChI is InChI=1S/C28H23FN8O/c29-18-6-4-15(5-7-18)21-12-31-13-24-25(21)35-27(34-24)26-20-9-22(32-14-23(20)36-37-26)17-8-19(11-30-10-17)33-28(38)16-2-1-3-16/h4-14,16,28,33,38H,1-3H2,(H,34,35)(H,36,37). The van der Waals surface area contributed by atoms with E-state index in [2.05, 4.69) is 35.5 Å². The SMILES string of the molecule is OC(Nc1cncc(-c2cc3c(-c4nc5c(-c6ccc(F)cc6)cncc5[nH]4)n[nH]c3cn2)c1)C1CCC1. The number of pyridine rings is 3. The number of anilines is 1. The number of H-pyrrole nitrogens is 2. The van der Waals surface area contributed by atoms with E-state index < -0.39 is 6.23 Å². The highest BCUT2D eigenvalue weighted by Gasteiger charge is 2.25. The summed E-state index contributed by atoms with van der Waals surface area (Å²) >= 11 is 0. The van der Waals surface area contributed by atoms with E-state index in [0.717, 1.165) is 69.3 Å². The summed E-state index contributed by atoms with van der Waals surface area (Å²) < 4.78 is 13.5. The molecule has 1 fully saturated rings. The van der Waals surface area contributed by atoms with Crippen LogP contribution < -0.4 is 5.32 Å². The van der Waals surface area contributed by atoms with Crippen molar-refractivity contribution in [2.45, 2.75) is 25.5 Å². The molecule has 9 nitrogen and oxygen atoms in total. The molecule has 7 rings (SSSR count). The first-order valence-electron chi connectivity index (χ1n) is 12.5. The third-order valence-electron chi connectivity index (χ3n) is 7.17. The van der Waals surface area contributed by atoms with Crippen LogP contribution in [0.25, 0.3) is 55.8 Å². The van der Waals surface area contributed by atoms with Crippen LogP contribution in [-0.4, -0.2) is 46.5 Å². The summed E-state index contributed by atoms with van der Waals surface area (Å²) in [6.07, 6.45) is 11.3. The smallest absolute Gasteiger partial charge is 0.159 e. The van der Waals surface area contributed by atoms with E-state index in [1.807, 2.05) is 12.1 Å². The first-order chi connectivity index (χ1) is 18.6. The Morgan fingerprint density at radius 3 is 2.61 bits per heavy atom. The number of benzene rings is 1. The highest BCUT2D eigenvalue weighted by atomic mass is 19.1. The first kappa shape index (κ1) is 22.5. The van der Waals surface area contributed by atoms with Crippen molar-refractivity contribution in [1.29, 1.82) is 0 Å². The maximum atomic E-state index is 13.5. The van der Waals surface area contributed by atoms with Gasteiger partial charge < -0.3 is 15.4 Å². The van der Waals surface area contributed by atoms with Gasteiger partial charge in [0.15, 0.2) is 5.82 Å². The molecule has 0 bridgehead atoms. The minimum Gasteiger partial charge on any atom is -0.374 e. The van der Waals surface area contributed by atoms with Crippen LogP contribution in [0.3, 0.4) is 0 Å². The van der Waals surface area contributed by atoms with E-state index in [9.17, 15) is 9.50 Å². The van der Waals surface area contributed by atoms with Crippen molar-refractivity contribution in [3.05, 3.63) is 73.2 Å². The highest BCUT2D eigenvalue weighted by molar-refractivity contribution is 5.97. The number of nitrogens with one attached hydrogen (secondary N) is 3. The van der Waals surface area contributed by atoms with Crippen molar-refractivity contribution in [1.82, 2.24) is 35.1 Å². The Morgan fingerprint density at radius 1 is 0.947 bits per heavy atom. The fraction of sp³-hybridized carbons (Fsp3) is 0.179. The van der Waals surface area contributed by atoms with Gasteiger partial charge in [0, 0.05) is 34.8 Å². The van der Waals surface area contributed by atoms with Gasteiger partial charge in [-0.05, 0) is 42.7 Å². The van der Waals surface area contributed by atoms with Crippen LogP contribution in [0.4, 0.5) is 10.1 Å². The van der Waals surface area contributed by atoms with E-state index in [1.165, 1.54) is 12.1 Å². The molecule has 0 spiro atoms. The van der Waals surface area contributed by atoms with Crippen LogP contribution in [0.15, 0.2) is 67.4 Å². The number of rotatable bonds is 6. The molecule has 0 aliphatic heterocycles. The van der Waals surface area contributed by atoms with Gasteiger partial charge in [-0.2, -0.15) is 5.10 Å². The number of aromatic amines is 2. The molecule has 4 N–H and O–H groups in total. The Hall–Kier alpha value is -4.70. The second-order valence-corrected chi connectivity index (χ2v) is 9.61.